The summed E-state index contributed by atoms with van der Waals surface area (Å²) < 4.78 is 0. The SMILES string of the molecule is CCC(CNC(=O)C1(CN)CCCC1)C(=O)O. The molecular formula is C12H22N2O3. The number of carbonyl (C=O) groups is 2. The van der Waals surface area contributed by atoms with Crippen molar-refractivity contribution >= 4 is 11.9 Å². The summed E-state index contributed by atoms with van der Waals surface area (Å²) in [7, 11) is 0. The van der Waals surface area contributed by atoms with Crippen LogP contribution in [0.1, 0.15) is 39.0 Å². The topological polar surface area (TPSA) is 92.4 Å². The zero-order valence-electron chi connectivity index (χ0n) is 10.4. The molecule has 5 nitrogen and oxygen atoms in total. The van der Waals surface area contributed by atoms with Gasteiger partial charge in [0, 0.05) is 13.1 Å². The molecule has 1 rings (SSSR count). The number of carboxylic acid groups (broad SMARTS) is 1. The Hall–Kier alpha value is -1.10. The molecule has 0 aliphatic heterocycles. The van der Waals surface area contributed by atoms with Crippen molar-refractivity contribution in [2.75, 3.05) is 13.1 Å². The van der Waals surface area contributed by atoms with Crippen LogP contribution in [0.3, 0.4) is 0 Å². The summed E-state index contributed by atoms with van der Waals surface area (Å²) in [6.07, 6.45) is 4.21. The lowest BCUT2D eigenvalue weighted by Gasteiger charge is -2.26. The van der Waals surface area contributed by atoms with Gasteiger partial charge in [0.1, 0.15) is 0 Å². The van der Waals surface area contributed by atoms with Crippen LogP contribution in [0.4, 0.5) is 0 Å². The molecule has 0 radical (unpaired) electrons. The molecule has 0 saturated heterocycles. The molecule has 0 aromatic carbocycles. The Kier molecular flexibility index (Phi) is 4.93. The molecule has 1 fully saturated rings. The predicted octanol–water partition coefficient (Wildman–Crippen LogP) is 0.733. The highest BCUT2D eigenvalue weighted by Crippen LogP contribution is 2.37. The summed E-state index contributed by atoms with van der Waals surface area (Å²) in [5.41, 5.74) is 5.24. The molecule has 1 amide bonds. The molecule has 17 heavy (non-hydrogen) atoms. The Bertz CT molecular complexity index is 285. The molecule has 98 valence electrons. The lowest BCUT2D eigenvalue weighted by Crippen LogP contribution is -2.46. The molecule has 4 N–H and O–H groups in total. The van der Waals surface area contributed by atoms with Crippen LogP contribution in [0.2, 0.25) is 0 Å². The van der Waals surface area contributed by atoms with Gasteiger partial charge in [0.05, 0.1) is 11.3 Å². The number of nitrogens with two attached hydrogens (primary N) is 1. The average molecular weight is 242 g/mol. The second-order valence-electron chi connectivity index (χ2n) is 4.84. The molecule has 5 heteroatoms. The standard InChI is InChI=1S/C12H22N2O3/c1-2-9(10(15)16)7-14-11(17)12(8-13)5-3-4-6-12/h9H,2-8,13H2,1H3,(H,14,17)(H,15,16). The van der Waals surface area contributed by atoms with E-state index in [0.717, 1.165) is 25.7 Å². The zero-order valence-corrected chi connectivity index (χ0v) is 10.4. The number of hydrogen-bond acceptors (Lipinski definition) is 3. The Morgan fingerprint density at radius 2 is 2.00 bits per heavy atom. The van der Waals surface area contributed by atoms with Gasteiger partial charge < -0.3 is 16.2 Å². The minimum absolute atomic E-state index is 0.0720. The Balaban J connectivity index is 2.51. The van der Waals surface area contributed by atoms with E-state index in [1.165, 1.54) is 0 Å². The molecule has 0 aromatic heterocycles. The first kappa shape index (κ1) is 14.0. The van der Waals surface area contributed by atoms with Crippen molar-refractivity contribution in [2.45, 2.75) is 39.0 Å². The van der Waals surface area contributed by atoms with Gasteiger partial charge in [-0.25, -0.2) is 0 Å². The van der Waals surface area contributed by atoms with Crippen LogP contribution in [0.5, 0.6) is 0 Å². The number of carbonyl (C=O) groups excluding carboxylic acids is 1. The fourth-order valence-corrected chi connectivity index (χ4v) is 2.39. The van der Waals surface area contributed by atoms with Crippen LogP contribution in [-0.2, 0) is 9.59 Å². The van der Waals surface area contributed by atoms with E-state index in [9.17, 15) is 9.59 Å². The number of rotatable bonds is 6. The van der Waals surface area contributed by atoms with Crippen molar-refractivity contribution in [3.63, 3.8) is 0 Å². The number of carboxylic acids is 1. The minimum Gasteiger partial charge on any atom is -0.481 e. The number of amides is 1. The van der Waals surface area contributed by atoms with Gasteiger partial charge in [-0.1, -0.05) is 19.8 Å². The molecule has 0 aromatic rings. The Morgan fingerprint density at radius 1 is 1.41 bits per heavy atom. The van der Waals surface area contributed by atoms with Gasteiger partial charge in [0.15, 0.2) is 0 Å². The molecule has 1 atom stereocenters. The molecule has 1 unspecified atom stereocenters. The first-order valence-electron chi connectivity index (χ1n) is 6.27. The largest absolute Gasteiger partial charge is 0.481 e. The van der Waals surface area contributed by atoms with Crippen LogP contribution >= 0.6 is 0 Å². The third-order valence-corrected chi connectivity index (χ3v) is 3.78. The first-order valence-corrected chi connectivity index (χ1v) is 6.27. The van der Waals surface area contributed by atoms with Gasteiger partial charge >= 0.3 is 5.97 Å². The van der Waals surface area contributed by atoms with Crippen molar-refractivity contribution in [1.29, 1.82) is 0 Å². The number of nitrogens with one attached hydrogen (secondary N) is 1. The van der Waals surface area contributed by atoms with E-state index in [4.69, 9.17) is 10.8 Å². The molecule has 1 aliphatic rings. The van der Waals surface area contributed by atoms with E-state index in [0.29, 0.717) is 13.0 Å². The maximum atomic E-state index is 12.1. The zero-order chi connectivity index (χ0) is 12.9. The highest BCUT2D eigenvalue weighted by atomic mass is 16.4. The maximum Gasteiger partial charge on any atom is 0.308 e. The van der Waals surface area contributed by atoms with Gasteiger partial charge in [-0.05, 0) is 19.3 Å². The number of hydrogen-bond donors (Lipinski definition) is 3. The highest BCUT2D eigenvalue weighted by Gasteiger charge is 2.39. The van der Waals surface area contributed by atoms with Gasteiger partial charge in [0.2, 0.25) is 5.91 Å². The van der Waals surface area contributed by atoms with Crippen molar-refractivity contribution in [3.05, 3.63) is 0 Å². The van der Waals surface area contributed by atoms with Crippen LogP contribution in [0.15, 0.2) is 0 Å². The average Bonchev–Trinajstić information content (AvgIpc) is 2.79. The van der Waals surface area contributed by atoms with E-state index in [-0.39, 0.29) is 12.5 Å². The van der Waals surface area contributed by atoms with Gasteiger partial charge in [-0.3, -0.25) is 9.59 Å². The highest BCUT2D eigenvalue weighted by molar-refractivity contribution is 5.83. The molecule has 0 bridgehead atoms. The van der Waals surface area contributed by atoms with E-state index < -0.39 is 17.3 Å². The third kappa shape index (κ3) is 3.19. The van der Waals surface area contributed by atoms with Crippen LogP contribution in [0, 0.1) is 11.3 Å². The molecule has 1 aliphatic carbocycles. The van der Waals surface area contributed by atoms with Gasteiger partial charge in [0.25, 0.3) is 0 Å². The summed E-state index contributed by atoms with van der Waals surface area (Å²) in [5.74, 6) is -1.44. The van der Waals surface area contributed by atoms with Crippen LogP contribution < -0.4 is 11.1 Å². The lowest BCUT2D eigenvalue weighted by molar-refractivity contribution is -0.142. The van der Waals surface area contributed by atoms with Crippen molar-refractivity contribution in [2.24, 2.45) is 17.1 Å². The van der Waals surface area contributed by atoms with Crippen molar-refractivity contribution < 1.29 is 14.7 Å². The van der Waals surface area contributed by atoms with Crippen molar-refractivity contribution in [3.8, 4) is 0 Å². The lowest BCUT2D eigenvalue weighted by atomic mass is 9.85. The van der Waals surface area contributed by atoms with E-state index in [1.54, 1.807) is 6.92 Å². The number of aliphatic carboxylic acids is 1. The van der Waals surface area contributed by atoms with E-state index in [1.807, 2.05) is 0 Å². The fourth-order valence-electron chi connectivity index (χ4n) is 2.39. The summed E-state index contributed by atoms with van der Waals surface area (Å²) in [5, 5.41) is 11.6. The summed E-state index contributed by atoms with van der Waals surface area (Å²) in [6, 6.07) is 0. The van der Waals surface area contributed by atoms with Crippen LogP contribution in [-0.4, -0.2) is 30.1 Å². The monoisotopic (exact) mass is 242 g/mol. The Labute approximate surface area is 102 Å². The van der Waals surface area contributed by atoms with Gasteiger partial charge in [-0.15, -0.1) is 0 Å². The maximum absolute atomic E-state index is 12.1. The van der Waals surface area contributed by atoms with E-state index in [2.05, 4.69) is 5.32 Å². The summed E-state index contributed by atoms with van der Waals surface area (Å²) in [4.78, 5) is 22.9. The normalized spacial score (nSPS) is 19.9. The fraction of sp³-hybridized carbons (Fsp3) is 0.833. The second kappa shape index (κ2) is 6.00. The molecule has 0 heterocycles. The Morgan fingerprint density at radius 3 is 2.41 bits per heavy atom. The third-order valence-electron chi connectivity index (χ3n) is 3.78. The predicted molar refractivity (Wildman–Crippen MR) is 64.4 cm³/mol. The summed E-state index contributed by atoms with van der Waals surface area (Å²) >= 11 is 0. The quantitative estimate of drug-likeness (QED) is 0.640. The molecule has 0 spiro atoms. The van der Waals surface area contributed by atoms with Crippen molar-refractivity contribution in [1.82, 2.24) is 5.32 Å². The molecular weight excluding hydrogens is 220 g/mol. The van der Waals surface area contributed by atoms with Gasteiger partial charge in [-0.2, -0.15) is 0 Å². The first-order chi connectivity index (χ1) is 8.05. The summed E-state index contributed by atoms with van der Waals surface area (Å²) in [6.45, 7) is 2.36. The second-order valence-corrected chi connectivity index (χ2v) is 4.84. The smallest absolute Gasteiger partial charge is 0.308 e. The van der Waals surface area contributed by atoms with Crippen LogP contribution in [0.25, 0.3) is 0 Å². The minimum atomic E-state index is -0.860. The molecule has 1 saturated carbocycles. The van der Waals surface area contributed by atoms with E-state index >= 15 is 0 Å².